The van der Waals surface area contributed by atoms with Crippen molar-refractivity contribution in [2.24, 2.45) is 0 Å². The molecule has 0 N–H and O–H groups in total. The molecule has 0 saturated heterocycles. The third-order valence-electron chi connectivity index (χ3n) is 3.72. The molecule has 1 atom stereocenters. The Morgan fingerprint density at radius 1 is 1.16 bits per heavy atom. The van der Waals surface area contributed by atoms with Crippen molar-refractivity contribution in [2.75, 3.05) is 19.7 Å². The zero-order chi connectivity index (χ0) is 17.5. The van der Waals surface area contributed by atoms with Crippen LogP contribution in [0.15, 0.2) is 67.3 Å². The Hall–Kier alpha value is -3.19. The fourth-order valence-electron chi connectivity index (χ4n) is 2.49. The molecule has 0 saturated carbocycles. The van der Waals surface area contributed by atoms with Crippen LogP contribution < -0.4 is 9.47 Å². The quantitative estimate of drug-likeness (QED) is 0.638. The molecular weight excluding hydrogens is 314 g/mol. The van der Waals surface area contributed by atoms with Gasteiger partial charge in [-0.05, 0) is 24.3 Å². The molecule has 0 aliphatic carbocycles. The molecular formula is C21H19NO3. The van der Waals surface area contributed by atoms with E-state index in [1.807, 2.05) is 48.5 Å². The lowest BCUT2D eigenvalue weighted by Gasteiger charge is -2.29. The average molecular weight is 333 g/mol. The second-order valence-electron chi connectivity index (χ2n) is 5.54. The van der Waals surface area contributed by atoms with Gasteiger partial charge >= 0.3 is 0 Å². The van der Waals surface area contributed by atoms with Crippen LogP contribution in [0.3, 0.4) is 0 Å². The smallest absolute Gasteiger partial charge is 0.268 e. The average Bonchev–Trinajstić information content (AvgIpc) is 2.67. The summed E-state index contributed by atoms with van der Waals surface area (Å²) in [5.41, 5.74) is 0.916. The number of hydrogen-bond donors (Lipinski definition) is 0. The van der Waals surface area contributed by atoms with Crippen molar-refractivity contribution in [1.29, 1.82) is 0 Å². The minimum atomic E-state index is -0.673. The van der Waals surface area contributed by atoms with Gasteiger partial charge in [-0.25, -0.2) is 0 Å². The van der Waals surface area contributed by atoms with E-state index in [9.17, 15) is 4.79 Å². The maximum Gasteiger partial charge on any atom is 0.268 e. The number of nitrogens with zero attached hydrogens (tertiary/aromatic N) is 1. The maximum atomic E-state index is 12.7. The summed E-state index contributed by atoms with van der Waals surface area (Å²) >= 11 is 0. The zero-order valence-corrected chi connectivity index (χ0v) is 13.9. The lowest BCUT2D eigenvalue weighted by atomic mass is 10.2. The van der Waals surface area contributed by atoms with Gasteiger partial charge in [0.25, 0.3) is 5.91 Å². The van der Waals surface area contributed by atoms with E-state index in [0.717, 1.165) is 5.56 Å². The van der Waals surface area contributed by atoms with Gasteiger partial charge in [-0.2, -0.15) is 0 Å². The molecule has 0 aromatic heterocycles. The van der Waals surface area contributed by atoms with Gasteiger partial charge in [0, 0.05) is 12.1 Å². The number of rotatable bonds is 4. The Labute approximate surface area is 147 Å². The molecule has 2 aromatic rings. The number of fused-ring (bicyclic) bond motifs is 1. The molecule has 1 heterocycles. The number of carbonyl (C=O) groups is 1. The highest BCUT2D eigenvalue weighted by Crippen LogP contribution is 2.31. The predicted octanol–water partition coefficient (Wildman–Crippen LogP) is 2.89. The molecule has 0 bridgehead atoms. The topological polar surface area (TPSA) is 38.8 Å². The highest BCUT2D eigenvalue weighted by Gasteiger charge is 2.30. The summed E-state index contributed by atoms with van der Waals surface area (Å²) in [5.74, 6) is 7.18. The summed E-state index contributed by atoms with van der Waals surface area (Å²) in [7, 11) is 0. The van der Waals surface area contributed by atoms with Crippen molar-refractivity contribution >= 4 is 5.91 Å². The maximum absolute atomic E-state index is 12.7. The third kappa shape index (κ3) is 4.21. The summed E-state index contributed by atoms with van der Waals surface area (Å²) in [6.45, 7) is 4.62. The number of para-hydroxylation sites is 2. The van der Waals surface area contributed by atoms with Crippen LogP contribution >= 0.6 is 0 Å². The van der Waals surface area contributed by atoms with E-state index in [1.54, 1.807) is 17.0 Å². The molecule has 126 valence electrons. The van der Waals surface area contributed by atoms with Gasteiger partial charge in [-0.15, -0.1) is 6.58 Å². The summed E-state index contributed by atoms with van der Waals surface area (Å²) in [6, 6.07) is 17.0. The van der Waals surface area contributed by atoms with E-state index in [4.69, 9.17) is 9.47 Å². The van der Waals surface area contributed by atoms with Crippen LogP contribution in [-0.4, -0.2) is 36.6 Å². The number of ether oxygens (including phenoxy) is 2. The first-order chi connectivity index (χ1) is 12.3. The molecule has 25 heavy (non-hydrogen) atoms. The monoisotopic (exact) mass is 333 g/mol. The number of hydrogen-bond acceptors (Lipinski definition) is 3. The van der Waals surface area contributed by atoms with E-state index in [0.29, 0.717) is 24.6 Å². The fraction of sp³-hybridized carbons (Fsp3) is 0.190. The van der Waals surface area contributed by atoms with Gasteiger partial charge in [0.05, 0.1) is 6.54 Å². The van der Waals surface area contributed by atoms with Gasteiger partial charge < -0.3 is 14.4 Å². The molecule has 2 aromatic carbocycles. The SMILES string of the molecule is C=CCN(CC#Cc1ccccc1)C(=O)[C@@H]1COc2ccccc2O1. The molecule has 1 aliphatic heterocycles. The van der Waals surface area contributed by atoms with Crippen molar-refractivity contribution in [1.82, 2.24) is 4.90 Å². The molecule has 0 fully saturated rings. The summed E-state index contributed by atoms with van der Waals surface area (Å²) in [6.07, 6.45) is 1.01. The van der Waals surface area contributed by atoms with E-state index >= 15 is 0 Å². The van der Waals surface area contributed by atoms with E-state index < -0.39 is 6.10 Å². The Bertz CT molecular complexity index is 805. The molecule has 4 heteroatoms. The van der Waals surface area contributed by atoms with Crippen LogP contribution in [-0.2, 0) is 4.79 Å². The van der Waals surface area contributed by atoms with Gasteiger partial charge in [-0.3, -0.25) is 4.79 Å². The summed E-state index contributed by atoms with van der Waals surface area (Å²) in [4.78, 5) is 14.4. The highest BCUT2D eigenvalue weighted by atomic mass is 16.6. The van der Waals surface area contributed by atoms with Crippen molar-refractivity contribution in [3.05, 3.63) is 72.8 Å². The highest BCUT2D eigenvalue weighted by molar-refractivity contribution is 5.82. The Morgan fingerprint density at radius 2 is 1.88 bits per heavy atom. The number of benzene rings is 2. The molecule has 0 radical (unpaired) electrons. The minimum absolute atomic E-state index is 0.156. The zero-order valence-electron chi connectivity index (χ0n) is 13.9. The summed E-state index contributed by atoms with van der Waals surface area (Å²) < 4.78 is 11.4. The Morgan fingerprint density at radius 3 is 2.64 bits per heavy atom. The number of carbonyl (C=O) groups excluding carboxylic acids is 1. The van der Waals surface area contributed by atoms with E-state index in [2.05, 4.69) is 18.4 Å². The molecule has 4 nitrogen and oxygen atoms in total. The van der Waals surface area contributed by atoms with Crippen LogP contribution in [0.1, 0.15) is 5.56 Å². The predicted molar refractivity (Wildman–Crippen MR) is 96.5 cm³/mol. The standard InChI is InChI=1S/C21H19NO3/c1-2-14-22(15-8-11-17-9-4-3-5-10-17)21(23)20-16-24-18-12-6-7-13-19(18)25-20/h2-7,9-10,12-13,20H,1,14-16H2/t20-/m0/s1. The third-order valence-corrected chi connectivity index (χ3v) is 3.72. The van der Waals surface area contributed by atoms with Crippen LogP contribution in [0.4, 0.5) is 0 Å². The first-order valence-corrected chi connectivity index (χ1v) is 8.10. The van der Waals surface area contributed by atoms with Crippen molar-refractivity contribution in [3.63, 3.8) is 0 Å². The van der Waals surface area contributed by atoms with Crippen LogP contribution in [0.5, 0.6) is 11.5 Å². The normalized spacial score (nSPS) is 14.8. The van der Waals surface area contributed by atoms with E-state index in [-0.39, 0.29) is 12.5 Å². The van der Waals surface area contributed by atoms with Gasteiger partial charge in [0.15, 0.2) is 11.5 Å². The van der Waals surface area contributed by atoms with Gasteiger partial charge in [0.2, 0.25) is 6.10 Å². The number of amides is 1. The van der Waals surface area contributed by atoms with Crippen LogP contribution in [0.25, 0.3) is 0 Å². The first-order valence-electron chi connectivity index (χ1n) is 8.10. The first kappa shape index (κ1) is 16.7. The Balaban J connectivity index is 1.67. The van der Waals surface area contributed by atoms with Crippen molar-refractivity contribution < 1.29 is 14.3 Å². The second-order valence-corrected chi connectivity index (χ2v) is 5.54. The molecule has 0 spiro atoms. The lowest BCUT2D eigenvalue weighted by molar-refractivity contribution is -0.140. The Kier molecular flexibility index (Phi) is 5.38. The van der Waals surface area contributed by atoms with Gasteiger partial charge in [0.1, 0.15) is 6.61 Å². The van der Waals surface area contributed by atoms with Crippen molar-refractivity contribution in [2.45, 2.75) is 6.10 Å². The molecule has 1 amide bonds. The molecule has 1 aliphatic rings. The van der Waals surface area contributed by atoms with Crippen molar-refractivity contribution in [3.8, 4) is 23.3 Å². The lowest BCUT2D eigenvalue weighted by Crippen LogP contribution is -2.46. The van der Waals surface area contributed by atoms with Crippen LogP contribution in [0.2, 0.25) is 0 Å². The van der Waals surface area contributed by atoms with E-state index in [1.165, 1.54) is 0 Å². The molecule has 3 rings (SSSR count). The summed E-state index contributed by atoms with van der Waals surface area (Å²) in [5, 5.41) is 0. The largest absolute Gasteiger partial charge is 0.485 e. The minimum Gasteiger partial charge on any atom is -0.485 e. The fourth-order valence-corrected chi connectivity index (χ4v) is 2.49. The van der Waals surface area contributed by atoms with Crippen LogP contribution in [0, 0.1) is 11.8 Å². The molecule has 0 unspecified atom stereocenters. The van der Waals surface area contributed by atoms with Gasteiger partial charge in [-0.1, -0.05) is 48.2 Å². The second kappa shape index (κ2) is 8.07.